The molecule has 4 rings (SSSR count). The summed E-state index contributed by atoms with van der Waals surface area (Å²) in [6.07, 6.45) is -6.79. The number of phenolic OH excluding ortho intramolecular Hbond substituents is 4. The number of benzene rings is 2. The van der Waals surface area contributed by atoms with Gasteiger partial charge in [0, 0.05) is 12.1 Å². The quantitative estimate of drug-likeness (QED) is 0.209. The maximum absolute atomic E-state index is 13.0. The van der Waals surface area contributed by atoms with Crippen LogP contribution in [0, 0.1) is 0 Å². The molecule has 176 valence electrons. The Labute approximate surface area is 185 Å². The van der Waals surface area contributed by atoms with Gasteiger partial charge < -0.3 is 55.1 Å². The van der Waals surface area contributed by atoms with Gasteiger partial charge in [0.2, 0.25) is 12.1 Å². The topological polar surface area (TPSA) is 207 Å². The van der Waals surface area contributed by atoms with Crippen LogP contribution in [0.1, 0.15) is 15.9 Å². The van der Waals surface area contributed by atoms with E-state index >= 15 is 0 Å². The summed E-state index contributed by atoms with van der Waals surface area (Å²) in [5.74, 6) is -3.77. The van der Waals surface area contributed by atoms with Crippen LogP contribution in [-0.2, 0) is 4.74 Å². The molecule has 12 heteroatoms. The molecule has 0 aromatic heterocycles. The Morgan fingerprint density at radius 1 is 0.939 bits per heavy atom. The molecule has 0 saturated carbocycles. The number of fused-ring (bicyclic) bond motifs is 1. The first-order valence-corrected chi connectivity index (χ1v) is 9.64. The first-order valence-electron chi connectivity index (χ1n) is 9.64. The summed E-state index contributed by atoms with van der Waals surface area (Å²) in [6, 6.07) is 4.32. The second-order valence-corrected chi connectivity index (χ2v) is 7.48. The zero-order chi connectivity index (χ0) is 24.0. The maximum Gasteiger partial charge on any atom is 0.235 e. The molecule has 5 atom stereocenters. The molecule has 0 amide bonds. The first-order chi connectivity index (χ1) is 15.6. The summed E-state index contributed by atoms with van der Waals surface area (Å²) in [6.45, 7) is -0.690. The number of Topliss-reactive ketones (excluding diaryl/α,β-unsaturated/α-hetero) is 1. The third kappa shape index (κ3) is 4.01. The number of ketones is 1. The molecule has 2 aromatic carbocycles. The van der Waals surface area contributed by atoms with Crippen molar-refractivity contribution in [2.24, 2.45) is 0 Å². The van der Waals surface area contributed by atoms with Crippen molar-refractivity contribution in [2.75, 3.05) is 6.61 Å². The Bertz CT molecular complexity index is 1100. The normalized spacial score (nSPS) is 27.9. The Kier molecular flexibility index (Phi) is 5.78. The van der Waals surface area contributed by atoms with Crippen LogP contribution in [-0.4, -0.2) is 83.9 Å². The van der Waals surface area contributed by atoms with Crippen molar-refractivity contribution in [3.63, 3.8) is 0 Å². The number of phenols is 4. The summed E-state index contributed by atoms with van der Waals surface area (Å²) in [4.78, 5) is 13.0. The molecule has 0 aliphatic carbocycles. The van der Waals surface area contributed by atoms with Crippen LogP contribution in [0.3, 0.4) is 0 Å². The highest BCUT2D eigenvalue weighted by Crippen LogP contribution is 2.43. The molecule has 2 aliphatic heterocycles. The highest BCUT2D eigenvalue weighted by molar-refractivity contribution is 6.16. The number of ether oxygens (including phenoxy) is 3. The smallest absolute Gasteiger partial charge is 0.235 e. The molecule has 8 N–H and O–H groups in total. The Balaban J connectivity index is 1.66. The Hall–Kier alpha value is -3.55. The summed E-state index contributed by atoms with van der Waals surface area (Å²) in [5, 5.41) is 78.1. The number of aromatic hydroxyl groups is 4. The lowest BCUT2D eigenvalue weighted by Crippen LogP contribution is -2.60. The SMILES string of the molecule is O=C1C(=Cc2cc(O)c(O)c(O)c2)Oc2cc(O)cc(O[C@@H]3OC(CO)[C@@H](O)[C@H](O)C3O)c21. The highest BCUT2D eigenvalue weighted by Gasteiger charge is 2.45. The van der Waals surface area contributed by atoms with Gasteiger partial charge in [0.05, 0.1) is 6.61 Å². The fourth-order valence-electron chi connectivity index (χ4n) is 3.51. The predicted molar refractivity (Wildman–Crippen MR) is 107 cm³/mol. The fourth-order valence-corrected chi connectivity index (χ4v) is 3.51. The van der Waals surface area contributed by atoms with Gasteiger partial charge in [-0.05, 0) is 23.8 Å². The average molecular weight is 464 g/mol. The molecule has 12 nitrogen and oxygen atoms in total. The van der Waals surface area contributed by atoms with Crippen molar-refractivity contribution in [2.45, 2.75) is 30.7 Å². The zero-order valence-corrected chi connectivity index (χ0v) is 16.7. The summed E-state index contributed by atoms with van der Waals surface area (Å²) in [5.41, 5.74) is -0.0530. The lowest BCUT2D eigenvalue weighted by Gasteiger charge is -2.39. The van der Waals surface area contributed by atoms with Crippen molar-refractivity contribution < 1.29 is 59.9 Å². The average Bonchev–Trinajstić information content (AvgIpc) is 3.07. The van der Waals surface area contributed by atoms with Crippen molar-refractivity contribution in [1.29, 1.82) is 0 Å². The minimum absolute atomic E-state index is 0.111. The van der Waals surface area contributed by atoms with E-state index in [0.29, 0.717) is 0 Å². The Morgan fingerprint density at radius 2 is 1.61 bits per heavy atom. The number of rotatable bonds is 4. The van der Waals surface area contributed by atoms with E-state index in [1.807, 2.05) is 0 Å². The molecule has 2 aliphatic rings. The van der Waals surface area contributed by atoms with Gasteiger partial charge in [-0.15, -0.1) is 0 Å². The van der Waals surface area contributed by atoms with Gasteiger partial charge in [-0.25, -0.2) is 0 Å². The number of aliphatic hydroxyl groups excluding tert-OH is 4. The van der Waals surface area contributed by atoms with Crippen LogP contribution >= 0.6 is 0 Å². The highest BCUT2D eigenvalue weighted by atomic mass is 16.7. The largest absolute Gasteiger partial charge is 0.508 e. The molecule has 0 spiro atoms. The van der Waals surface area contributed by atoms with Gasteiger partial charge in [0.1, 0.15) is 47.2 Å². The maximum atomic E-state index is 13.0. The molecule has 2 heterocycles. The standard InChI is InChI=1S/C21H20O12/c22-6-14-18(28)19(29)20(30)21(33-14)32-12-5-8(23)4-11-15(12)17(27)13(31-11)3-7-1-9(24)16(26)10(25)2-7/h1-5,14,18-26,28-30H,6H2/t14?,18-,19+,20?,21-/m1/s1. The van der Waals surface area contributed by atoms with Crippen molar-refractivity contribution in [3.8, 4) is 34.5 Å². The molecule has 2 unspecified atom stereocenters. The van der Waals surface area contributed by atoms with E-state index in [2.05, 4.69) is 0 Å². The molecule has 2 aromatic rings. The van der Waals surface area contributed by atoms with Gasteiger partial charge in [-0.3, -0.25) is 4.79 Å². The van der Waals surface area contributed by atoms with E-state index in [-0.39, 0.29) is 34.1 Å². The second-order valence-electron chi connectivity index (χ2n) is 7.48. The van der Waals surface area contributed by atoms with Crippen molar-refractivity contribution >= 4 is 11.9 Å². The van der Waals surface area contributed by atoms with Crippen LogP contribution in [0.5, 0.6) is 34.5 Å². The number of aliphatic hydroxyl groups is 4. The molecule has 1 saturated heterocycles. The van der Waals surface area contributed by atoms with Crippen LogP contribution in [0.4, 0.5) is 0 Å². The number of allylic oxidation sites excluding steroid dienone is 1. The van der Waals surface area contributed by atoms with Crippen LogP contribution < -0.4 is 9.47 Å². The van der Waals surface area contributed by atoms with E-state index in [1.54, 1.807) is 0 Å². The summed E-state index contributed by atoms with van der Waals surface area (Å²) in [7, 11) is 0. The second kappa shape index (κ2) is 8.42. The van der Waals surface area contributed by atoms with E-state index in [1.165, 1.54) is 0 Å². The van der Waals surface area contributed by atoms with E-state index in [4.69, 9.17) is 14.2 Å². The molecular formula is C21H20O12. The van der Waals surface area contributed by atoms with Crippen molar-refractivity contribution in [3.05, 3.63) is 41.2 Å². The minimum Gasteiger partial charge on any atom is -0.508 e. The fraction of sp³-hybridized carbons (Fsp3) is 0.286. The molecule has 0 bridgehead atoms. The molecule has 0 radical (unpaired) electrons. The van der Waals surface area contributed by atoms with Gasteiger partial charge in [0.25, 0.3) is 0 Å². The molecular weight excluding hydrogens is 444 g/mol. The monoisotopic (exact) mass is 464 g/mol. The van der Waals surface area contributed by atoms with E-state index in [9.17, 15) is 45.6 Å². The minimum atomic E-state index is -1.75. The first kappa shape index (κ1) is 22.6. The molecule has 1 fully saturated rings. The van der Waals surface area contributed by atoms with Crippen LogP contribution in [0.2, 0.25) is 0 Å². The van der Waals surface area contributed by atoms with Crippen LogP contribution in [0.25, 0.3) is 6.08 Å². The lowest BCUT2D eigenvalue weighted by atomic mass is 9.99. The van der Waals surface area contributed by atoms with Crippen LogP contribution in [0.15, 0.2) is 30.0 Å². The Morgan fingerprint density at radius 3 is 2.24 bits per heavy atom. The van der Waals surface area contributed by atoms with E-state index < -0.39 is 60.3 Å². The van der Waals surface area contributed by atoms with Gasteiger partial charge in [-0.1, -0.05) is 0 Å². The number of carbonyl (C=O) groups excluding carboxylic acids is 1. The third-order valence-corrected chi connectivity index (χ3v) is 5.20. The zero-order valence-electron chi connectivity index (χ0n) is 16.7. The van der Waals surface area contributed by atoms with Gasteiger partial charge in [0.15, 0.2) is 23.0 Å². The van der Waals surface area contributed by atoms with Crippen molar-refractivity contribution in [1.82, 2.24) is 0 Å². The van der Waals surface area contributed by atoms with E-state index in [0.717, 1.165) is 30.3 Å². The lowest BCUT2D eigenvalue weighted by molar-refractivity contribution is -0.277. The molecule has 33 heavy (non-hydrogen) atoms. The number of hydrogen-bond acceptors (Lipinski definition) is 12. The van der Waals surface area contributed by atoms with Gasteiger partial charge >= 0.3 is 0 Å². The predicted octanol–water partition coefficient (Wildman–Crippen LogP) is -0.696. The number of carbonyl (C=O) groups is 1. The summed E-state index contributed by atoms with van der Waals surface area (Å²) < 4.78 is 16.2. The number of hydrogen-bond donors (Lipinski definition) is 8. The summed E-state index contributed by atoms with van der Waals surface area (Å²) >= 11 is 0. The van der Waals surface area contributed by atoms with Gasteiger partial charge in [-0.2, -0.15) is 0 Å². The third-order valence-electron chi connectivity index (χ3n) is 5.20.